The van der Waals surface area contributed by atoms with Gasteiger partial charge in [0.2, 0.25) is 5.91 Å². The molecule has 1 amide bonds. The molecule has 3 fully saturated rings. The van der Waals surface area contributed by atoms with Gasteiger partial charge in [0.05, 0.1) is 25.2 Å². The summed E-state index contributed by atoms with van der Waals surface area (Å²) in [5.41, 5.74) is 1.39. The van der Waals surface area contributed by atoms with E-state index in [0.29, 0.717) is 25.0 Å². The summed E-state index contributed by atoms with van der Waals surface area (Å²) in [7, 11) is 0. The summed E-state index contributed by atoms with van der Waals surface area (Å²) in [6.45, 7) is 4.49. The molecule has 6 heteroatoms. The summed E-state index contributed by atoms with van der Waals surface area (Å²) in [5.74, 6) is 0.665. The van der Waals surface area contributed by atoms with Crippen LogP contribution in [-0.2, 0) is 20.9 Å². The van der Waals surface area contributed by atoms with E-state index < -0.39 is 0 Å². The molecule has 5 nitrogen and oxygen atoms in total. The molecule has 0 saturated carbocycles. The van der Waals surface area contributed by atoms with Crippen LogP contribution in [0.2, 0.25) is 0 Å². The van der Waals surface area contributed by atoms with Crippen molar-refractivity contribution in [1.29, 1.82) is 0 Å². The van der Waals surface area contributed by atoms with Gasteiger partial charge in [0.15, 0.2) is 0 Å². The number of carbonyl (C=O) groups is 1. The van der Waals surface area contributed by atoms with Crippen molar-refractivity contribution in [2.24, 2.45) is 5.92 Å². The molecule has 1 aromatic heterocycles. The SMILES string of the molecule is O=C(C[C@H]1C[C@H]2CN(Cc3ccsc3)C[C@H]2O1)N1CCCCO1. The van der Waals surface area contributed by atoms with E-state index in [-0.39, 0.29) is 12.0 Å². The lowest BCUT2D eigenvalue weighted by molar-refractivity contribution is -0.199. The van der Waals surface area contributed by atoms with Crippen molar-refractivity contribution < 1.29 is 14.4 Å². The molecule has 0 unspecified atom stereocenters. The van der Waals surface area contributed by atoms with Gasteiger partial charge in [0.25, 0.3) is 0 Å². The molecule has 0 bridgehead atoms. The standard InChI is InChI=1S/C17H24N2O3S/c20-17(19-4-1-2-5-21-19)8-15-7-14-10-18(11-16(14)22-15)9-13-3-6-23-12-13/h3,6,12,14-16H,1-2,4-5,7-11H2/t14-,15+,16+/m0/s1. The molecule has 0 aromatic carbocycles. The number of hydrogen-bond acceptors (Lipinski definition) is 5. The number of rotatable bonds is 4. The van der Waals surface area contributed by atoms with Crippen molar-refractivity contribution in [3.63, 3.8) is 0 Å². The first-order chi connectivity index (χ1) is 11.3. The van der Waals surface area contributed by atoms with Crippen molar-refractivity contribution in [2.45, 2.75) is 44.4 Å². The minimum absolute atomic E-state index is 0.0753. The zero-order valence-electron chi connectivity index (χ0n) is 13.4. The van der Waals surface area contributed by atoms with Gasteiger partial charge in [-0.1, -0.05) is 0 Å². The van der Waals surface area contributed by atoms with E-state index in [9.17, 15) is 4.79 Å². The van der Waals surface area contributed by atoms with Gasteiger partial charge in [-0.3, -0.25) is 14.5 Å². The van der Waals surface area contributed by atoms with Crippen LogP contribution in [0.4, 0.5) is 0 Å². The maximum Gasteiger partial charge on any atom is 0.248 e. The van der Waals surface area contributed by atoms with Gasteiger partial charge in [0, 0.05) is 32.1 Å². The van der Waals surface area contributed by atoms with Crippen LogP contribution < -0.4 is 0 Å². The number of likely N-dealkylation sites (tertiary alicyclic amines) is 1. The number of fused-ring (bicyclic) bond motifs is 1. The molecule has 3 atom stereocenters. The Morgan fingerprint density at radius 2 is 2.30 bits per heavy atom. The molecule has 1 aromatic rings. The molecule has 0 N–H and O–H groups in total. The zero-order chi connectivity index (χ0) is 15.6. The number of amides is 1. The number of carbonyl (C=O) groups excluding carboxylic acids is 1. The molecule has 0 radical (unpaired) electrons. The highest BCUT2D eigenvalue weighted by molar-refractivity contribution is 7.07. The normalized spacial score (nSPS) is 31.5. The van der Waals surface area contributed by atoms with E-state index in [1.807, 2.05) is 0 Å². The second-order valence-electron chi connectivity index (χ2n) is 6.86. The largest absolute Gasteiger partial charge is 0.373 e. The van der Waals surface area contributed by atoms with Gasteiger partial charge in [-0.2, -0.15) is 11.3 Å². The molecule has 0 aliphatic carbocycles. The van der Waals surface area contributed by atoms with Crippen LogP contribution in [0, 0.1) is 5.92 Å². The Bertz CT molecular complexity index is 516. The van der Waals surface area contributed by atoms with Crippen LogP contribution in [0.1, 0.15) is 31.2 Å². The Balaban J connectivity index is 1.24. The van der Waals surface area contributed by atoms with Crippen LogP contribution in [0.5, 0.6) is 0 Å². The molecular weight excluding hydrogens is 312 g/mol. The monoisotopic (exact) mass is 336 g/mol. The smallest absolute Gasteiger partial charge is 0.248 e. The van der Waals surface area contributed by atoms with Crippen molar-refractivity contribution in [3.05, 3.63) is 22.4 Å². The van der Waals surface area contributed by atoms with Gasteiger partial charge in [0.1, 0.15) is 0 Å². The lowest BCUT2D eigenvalue weighted by Crippen LogP contribution is -2.37. The summed E-state index contributed by atoms with van der Waals surface area (Å²) in [4.78, 5) is 20.2. The van der Waals surface area contributed by atoms with Gasteiger partial charge in [-0.15, -0.1) is 0 Å². The lowest BCUT2D eigenvalue weighted by Gasteiger charge is -2.27. The number of hydroxylamine groups is 2. The Hall–Kier alpha value is -0.950. The number of ether oxygens (including phenoxy) is 1. The average molecular weight is 336 g/mol. The summed E-state index contributed by atoms with van der Waals surface area (Å²) in [6.07, 6.45) is 3.94. The van der Waals surface area contributed by atoms with Crippen LogP contribution in [-0.4, -0.2) is 54.3 Å². The van der Waals surface area contributed by atoms with E-state index in [1.165, 1.54) is 5.56 Å². The molecule has 3 aliphatic rings. The first-order valence-electron chi connectivity index (χ1n) is 8.60. The quantitative estimate of drug-likeness (QED) is 0.846. The minimum atomic E-state index is 0.0753. The summed E-state index contributed by atoms with van der Waals surface area (Å²) < 4.78 is 6.15. The fourth-order valence-corrected chi connectivity index (χ4v) is 4.60. The highest BCUT2D eigenvalue weighted by Crippen LogP contribution is 2.35. The fourth-order valence-electron chi connectivity index (χ4n) is 3.94. The first kappa shape index (κ1) is 15.6. The third-order valence-electron chi connectivity index (χ3n) is 5.06. The Labute approximate surface area is 141 Å². The number of nitrogens with zero attached hydrogens (tertiary/aromatic N) is 2. The molecular formula is C17H24N2O3S. The summed E-state index contributed by atoms with van der Waals surface area (Å²) in [6, 6.07) is 2.19. The molecule has 3 aliphatic heterocycles. The van der Waals surface area contributed by atoms with Gasteiger partial charge >= 0.3 is 0 Å². The van der Waals surface area contributed by atoms with Gasteiger partial charge < -0.3 is 4.74 Å². The Kier molecular flexibility index (Phi) is 4.66. The molecule has 23 heavy (non-hydrogen) atoms. The molecule has 4 rings (SSSR count). The van der Waals surface area contributed by atoms with Crippen molar-refractivity contribution in [1.82, 2.24) is 9.96 Å². The molecule has 126 valence electrons. The Morgan fingerprint density at radius 3 is 3.04 bits per heavy atom. The second-order valence-corrected chi connectivity index (χ2v) is 7.64. The van der Waals surface area contributed by atoms with E-state index in [4.69, 9.17) is 9.57 Å². The van der Waals surface area contributed by atoms with E-state index in [1.54, 1.807) is 16.4 Å². The number of thiophene rings is 1. The summed E-state index contributed by atoms with van der Waals surface area (Å²) >= 11 is 1.75. The highest BCUT2D eigenvalue weighted by Gasteiger charge is 2.42. The maximum atomic E-state index is 12.3. The van der Waals surface area contributed by atoms with Crippen LogP contribution in [0.15, 0.2) is 16.8 Å². The van der Waals surface area contributed by atoms with Crippen LogP contribution in [0.3, 0.4) is 0 Å². The third kappa shape index (κ3) is 3.60. The summed E-state index contributed by atoms with van der Waals surface area (Å²) in [5, 5.41) is 5.89. The zero-order valence-corrected chi connectivity index (χ0v) is 14.2. The van der Waals surface area contributed by atoms with Crippen molar-refractivity contribution in [3.8, 4) is 0 Å². The highest BCUT2D eigenvalue weighted by atomic mass is 32.1. The maximum absolute atomic E-state index is 12.3. The Morgan fingerprint density at radius 1 is 1.35 bits per heavy atom. The lowest BCUT2D eigenvalue weighted by atomic mass is 10.0. The predicted octanol–water partition coefficient (Wildman–Crippen LogP) is 2.28. The van der Waals surface area contributed by atoms with E-state index >= 15 is 0 Å². The minimum Gasteiger partial charge on any atom is -0.373 e. The van der Waals surface area contributed by atoms with E-state index in [0.717, 1.165) is 45.4 Å². The molecule has 4 heterocycles. The first-order valence-corrected chi connectivity index (χ1v) is 9.54. The van der Waals surface area contributed by atoms with Crippen molar-refractivity contribution >= 4 is 17.2 Å². The van der Waals surface area contributed by atoms with Crippen molar-refractivity contribution in [2.75, 3.05) is 26.2 Å². The second kappa shape index (κ2) is 6.89. The third-order valence-corrected chi connectivity index (χ3v) is 5.79. The van der Waals surface area contributed by atoms with E-state index in [2.05, 4.69) is 21.7 Å². The van der Waals surface area contributed by atoms with Crippen LogP contribution in [0.25, 0.3) is 0 Å². The molecule has 0 spiro atoms. The topological polar surface area (TPSA) is 42.0 Å². The van der Waals surface area contributed by atoms with Gasteiger partial charge in [-0.05, 0) is 41.7 Å². The average Bonchev–Trinajstić information content (AvgIpc) is 3.25. The fraction of sp³-hybridized carbons (Fsp3) is 0.706. The molecule has 3 saturated heterocycles. The van der Waals surface area contributed by atoms with Crippen LogP contribution >= 0.6 is 11.3 Å². The predicted molar refractivity (Wildman–Crippen MR) is 87.9 cm³/mol. The van der Waals surface area contributed by atoms with Gasteiger partial charge in [-0.25, -0.2) is 5.06 Å². The number of hydrogen-bond donors (Lipinski definition) is 0.